The Bertz CT molecular complexity index is 1340. The molecule has 13 fully saturated rings. The molecule has 8 N–H and O–H groups in total. The molecule has 4 saturated carbocycles. The second kappa shape index (κ2) is 23.1. The maximum atomic E-state index is 6.10. The van der Waals surface area contributed by atoms with Gasteiger partial charge in [0.15, 0.2) is 0 Å². The second-order valence-corrected chi connectivity index (χ2v) is 32.9. The summed E-state index contributed by atoms with van der Waals surface area (Å²) in [6, 6.07) is 0. The molecule has 4 aliphatic carbocycles. The molecule has 16 atom stereocenters. The number of hydrogen-bond acceptors (Lipinski definition) is 20. The largest absolute Gasteiger partial charge is 0.380 e. The Morgan fingerprint density at radius 1 is 0.206 bits per heavy atom. The SMILES string of the molecule is C1CSC2CC3C4NC(NC5NC(NC6NC(NC7NC(N4)C4CC8SCCOCCSC8CC74)C4CC7SCCOCCSC7CC64)C4CC6SCCOCCSC6CC54)C3CC2SCCO1. The predicted octanol–water partition coefficient (Wildman–Crippen LogP) is 4.42. The predicted molar refractivity (Wildman–Crippen MR) is 293 cm³/mol. The quantitative estimate of drug-likeness (QED) is 0.174. The molecule has 0 aromatic carbocycles. The van der Waals surface area contributed by atoms with Crippen LogP contribution in [0.4, 0.5) is 0 Å². The molecule has 16 unspecified atom stereocenters. The molecule has 0 aromatic heterocycles. The smallest absolute Gasteiger partial charge is 0.0628 e. The lowest BCUT2D eigenvalue weighted by atomic mass is 9.75. The molecule has 13 aliphatic rings. The lowest BCUT2D eigenvalue weighted by Gasteiger charge is -2.43. The second-order valence-electron chi connectivity index (χ2n) is 22.1. The average Bonchev–Trinajstić information content (AvgIpc) is 4.12. The summed E-state index contributed by atoms with van der Waals surface area (Å²) < 4.78 is 24.4. The van der Waals surface area contributed by atoms with Gasteiger partial charge in [0.05, 0.1) is 102 Å². The summed E-state index contributed by atoms with van der Waals surface area (Å²) in [5.74, 6) is 13.6. The van der Waals surface area contributed by atoms with Crippen molar-refractivity contribution in [2.75, 3.05) is 98.9 Å². The molecule has 9 aliphatic heterocycles. The van der Waals surface area contributed by atoms with Gasteiger partial charge < -0.3 is 18.9 Å². The molecule has 0 spiro atoms. The summed E-state index contributed by atoms with van der Waals surface area (Å²) in [6.45, 7) is 7.14. The zero-order chi connectivity index (χ0) is 45.0. The van der Waals surface area contributed by atoms with E-state index in [4.69, 9.17) is 18.9 Å². The van der Waals surface area contributed by atoms with Crippen molar-refractivity contribution < 1.29 is 18.9 Å². The minimum absolute atomic E-state index is 0.269. The Balaban J connectivity index is 0.852. The third kappa shape index (κ3) is 10.7. The van der Waals surface area contributed by atoms with Crippen molar-refractivity contribution in [2.45, 2.75) is 143 Å². The van der Waals surface area contributed by atoms with Crippen LogP contribution in [0.5, 0.6) is 0 Å². The zero-order valence-electron chi connectivity index (χ0n) is 39.7. The van der Waals surface area contributed by atoms with Gasteiger partial charge >= 0.3 is 0 Å². The minimum atomic E-state index is 0.269. The fraction of sp³-hybridized carbons (Fsp3) is 1.00. The van der Waals surface area contributed by atoms with E-state index in [0.717, 1.165) is 98.9 Å². The van der Waals surface area contributed by atoms with Gasteiger partial charge in [-0.2, -0.15) is 94.1 Å². The van der Waals surface area contributed by atoms with Crippen LogP contribution in [0.25, 0.3) is 0 Å². The highest BCUT2D eigenvalue weighted by molar-refractivity contribution is 8.05. The van der Waals surface area contributed by atoms with Gasteiger partial charge in [-0.1, -0.05) is 0 Å². The highest BCUT2D eigenvalue weighted by atomic mass is 32.2. The fourth-order valence-electron chi connectivity index (χ4n) is 15.6. The average molecular weight is 1090 g/mol. The first-order valence-electron chi connectivity index (χ1n) is 27.0. The third-order valence-corrected chi connectivity index (χ3v) is 30.2. The highest BCUT2D eigenvalue weighted by Crippen LogP contribution is 2.53. The Morgan fingerprint density at radius 2 is 0.338 bits per heavy atom. The van der Waals surface area contributed by atoms with Gasteiger partial charge in [0.2, 0.25) is 0 Å². The standard InChI is InChI=1S/C48H80N8O4S8/c1-9-61-33-17-25-26(18-34(33)62-10-2-57-1)42-49-41(25)53-43-27-19-35-36(64-12-4-58-3-11-63-35)20-28(27)45(50-43)55-47-31-23-39-40(68-16-8-60-7-15-67-39)24-32(31)48(52-47)56-46-30-22-38-37(21-29(30)44(51-46)54-42)65-13-5-59-6-14-66-38/h25-56H,1-24H2. The van der Waals surface area contributed by atoms with Gasteiger partial charge in [0.25, 0.3) is 0 Å². The van der Waals surface area contributed by atoms with E-state index < -0.39 is 0 Å². The minimum Gasteiger partial charge on any atom is -0.380 e. The molecule has 0 radical (unpaired) electrons. The van der Waals surface area contributed by atoms with Crippen LogP contribution >= 0.6 is 94.1 Å². The van der Waals surface area contributed by atoms with Crippen molar-refractivity contribution in [1.29, 1.82) is 0 Å². The highest BCUT2D eigenvalue weighted by Gasteiger charge is 2.59. The molecular formula is C48H80N8O4S8. The number of nitrogens with one attached hydrogen (secondary N) is 8. The van der Waals surface area contributed by atoms with Gasteiger partial charge in [0.1, 0.15) is 0 Å². The molecule has 8 bridgehead atoms. The van der Waals surface area contributed by atoms with Crippen LogP contribution < -0.4 is 42.5 Å². The molecule has 68 heavy (non-hydrogen) atoms. The van der Waals surface area contributed by atoms with Crippen LogP contribution in [-0.2, 0) is 18.9 Å². The number of hydrogen-bond donors (Lipinski definition) is 8. The summed E-state index contributed by atoms with van der Waals surface area (Å²) in [7, 11) is 0. The van der Waals surface area contributed by atoms with Crippen molar-refractivity contribution in [2.24, 2.45) is 47.3 Å². The third-order valence-electron chi connectivity index (χ3n) is 18.7. The topological polar surface area (TPSA) is 133 Å². The normalized spacial score (nSPS) is 53.6. The maximum Gasteiger partial charge on any atom is 0.0628 e. The Kier molecular flexibility index (Phi) is 16.9. The van der Waals surface area contributed by atoms with Crippen LogP contribution in [0.1, 0.15) is 51.4 Å². The van der Waals surface area contributed by atoms with Crippen LogP contribution in [0.2, 0.25) is 0 Å². The summed E-state index contributed by atoms with van der Waals surface area (Å²) in [5.41, 5.74) is 0. The Labute approximate surface area is 441 Å². The summed E-state index contributed by atoms with van der Waals surface area (Å²) in [5, 5.41) is 41.3. The van der Waals surface area contributed by atoms with E-state index >= 15 is 0 Å². The molecular weight excluding hydrogens is 1010 g/mol. The first kappa shape index (κ1) is 49.9. The molecule has 20 heteroatoms. The first-order chi connectivity index (χ1) is 33.7. The lowest BCUT2D eigenvalue weighted by molar-refractivity contribution is 0.167. The summed E-state index contributed by atoms with van der Waals surface area (Å²) in [4.78, 5) is 0. The van der Waals surface area contributed by atoms with E-state index in [1.54, 1.807) is 0 Å². The van der Waals surface area contributed by atoms with Crippen molar-refractivity contribution >= 4 is 94.1 Å². The van der Waals surface area contributed by atoms with E-state index in [2.05, 4.69) is 137 Å². The number of ether oxygens (including phenoxy) is 4. The molecule has 9 saturated heterocycles. The van der Waals surface area contributed by atoms with Crippen LogP contribution in [-0.4, -0.2) is 190 Å². The van der Waals surface area contributed by atoms with E-state index in [9.17, 15) is 0 Å². The van der Waals surface area contributed by atoms with Crippen molar-refractivity contribution in [3.05, 3.63) is 0 Å². The summed E-state index contributed by atoms with van der Waals surface area (Å²) >= 11 is 17.8. The molecule has 12 nitrogen and oxygen atoms in total. The van der Waals surface area contributed by atoms with E-state index in [0.29, 0.717) is 89.3 Å². The monoisotopic (exact) mass is 1090 g/mol. The fourth-order valence-corrected chi connectivity index (χ4v) is 27.1. The van der Waals surface area contributed by atoms with Gasteiger partial charge in [-0.15, -0.1) is 0 Å². The Morgan fingerprint density at radius 3 is 0.471 bits per heavy atom. The van der Waals surface area contributed by atoms with Crippen LogP contribution in [0, 0.1) is 47.3 Å². The van der Waals surface area contributed by atoms with Crippen molar-refractivity contribution in [1.82, 2.24) is 42.5 Å². The first-order valence-corrected chi connectivity index (χ1v) is 35.4. The Hall–Kier alpha value is 2.32. The van der Waals surface area contributed by atoms with Crippen molar-refractivity contribution in [3.8, 4) is 0 Å². The number of fused-ring (bicyclic) bond motifs is 24. The lowest BCUT2D eigenvalue weighted by Crippen LogP contribution is -2.61. The van der Waals surface area contributed by atoms with Gasteiger partial charge in [0, 0.05) is 88.0 Å². The van der Waals surface area contributed by atoms with Gasteiger partial charge in [-0.25, -0.2) is 0 Å². The van der Waals surface area contributed by atoms with E-state index in [1.165, 1.54) is 51.4 Å². The van der Waals surface area contributed by atoms with Gasteiger partial charge in [-0.3, -0.25) is 42.5 Å². The number of rotatable bonds is 0. The molecule has 13 rings (SSSR count). The summed E-state index contributed by atoms with van der Waals surface area (Å²) in [6.07, 6.45) is 12.4. The molecule has 0 aromatic rings. The maximum absolute atomic E-state index is 6.10. The van der Waals surface area contributed by atoms with E-state index in [1.807, 2.05) is 0 Å². The molecule has 9 heterocycles. The molecule has 384 valence electrons. The van der Waals surface area contributed by atoms with E-state index in [-0.39, 0.29) is 49.3 Å². The van der Waals surface area contributed by atoms with Crippen LogP contribution in [0.15, 0.2) is 0 Å². The van der Waals surface area contributed by atoms with Crippen LogP contribution in [0.3, 0.4) is 0 Å². The van der Waals surface area contributed by atoms with Gasteiger partial charge in [-0.05, 0) is 98.7 Å². The molecule has 0 amide bonds. The van der Waals surface area contributed by atoms with Crippen molar-refractivity contribution in [3.63, 3.8) is 0 Å². The number of thioether (sulfide) groups is 8. The zero-order valence-corrected chi connectivity index (χ0v) is 46.3.